The Balaban J connectivity index is 2.49. The summed E-state index contributed by atoms with van der Waals surface area (Å²) in [5.74, 6) is 0.622. The average Bonchev–Trinajstić information content (AvgIpc) is 2.78. The Morgan fingerprint density at radius 2 is 1.74 bits per heavy atom. The molecule has 106 valence electrons. The minimum Gasteiger partial charge on any atom is -0.376 e. The van der Waals surface area contributed by atoms with Crippen LogP contribution in [0.25, 0.3) is 0 Å². The Labute approximate surface area is 117 Å². The number of nitrogens with one attached hydrogen (secondary N) is 1. The van der Waals surface area contributed by atoms with Crippen LogP contribution in [0.1, 0.15) is 47.2 Å². The molecule has 0 aromatic heterocycles. The molecule has 0 amide bonds. The summed E-state index contributed by atoms with van der Waals surface area (Å²) in [4.78, 5) is 0. The topological polar surface area (TPSA) is 21.3 Å². The molecule has 2 rings (SSSR count). The standard InChI is InChI=1S/C17H27NO/c1-10-7-8-19-17(10)16(18-6)15-13(4)11(2)9-12(3)14(15)5/h9-10,16-18H,7-8H2,1-6H3. The van der Waals surface area contributed by atoms with Crippen molar-refractivity contribution in [1.29, 1.82) is 0 Å². The number of rotatable bonds is 3. The molecule has 1 N–H and O–H groups in total. The zero-order chi connectivity index (χ0) is 14.2. The maximum absolute atomic E-state index is 6.00. The van der Waals surface area contributed by atoms with E-state index in [1.54, 1.807) is 0 Å². The van der Waals surface area contributed by atoms with Gasteiger partial charge in [-0.1, -0.05) is 13.0 Å². The van der Waals surface area contributed by atoms with E-state index in [-0.39, 0.29) is 0 Å². The molecule has 1 heterocycles. The summed E-state index contributed by atoms with van der Waals surface area (Å²) in [5.41, 5.74) is 7.02. The Morgan fingerprint density at radius 3 is 2.16 bits per heavy atom. The van der Waals surface area contributed by atoms with Crippen molar-refractivity contribution < 1.29 is 4.74 Å². The Hall–Kier alpha value is -0.860. The number of likely N-dealkylation sites (N-methyl/N-ethyl adjacent to an activating group) is 1. The molecule has 3 unspecified atom stereocenters. The molecule has 1 aromatic rings. The highest BCUT2D eigenvalue weighted by Crippen LogP contribution is 2.35. The van der Waals surface area contributed by atoms with Crippen LogP contribution in [0.4, 0.5) is 0 Å². The van der Waals surface area contributed by atoms with E-state index in [4.69, 9.17) is 4.74 Å². The molecule has 0 bridgehead atoms. The normalized spacial score (nSPS) is 24.7. The molecule has 2 heteroatoms. The van der Waals surface area contributed by atoms with E-state index in [1.807, 2.05) is 0 Å². The fourth-order valence-electron chi connectivity index (χ4n) is 3.33. The van der Waals surface area contributed by atoms with Crippen molar-refractivity contribution in [2.45, 2.75) is 53.2 Å². The maximum Gasteiger partial charge on any atom is 0.0796 e. The largest absolute Gasteiger partial charge is 0.376 e. The lowest BCUT2D eigenvalue weighted by Gasteiger charge is -2.30. The van der Waals surface area contributed by atoms with Crippen LogP contribution in [-0.2, 0) is 4.74 Å². The number of benzene rings is 1. The highest BCUT2D eigenvalue weighted by atomic mass is 16.5. The minimum absolute atomic E-state index is 0.295. The van der Waals surface area contributed by atoms with Gasteiger partial charge in [-0.15, -0.1) is 0 Å². The summed E-state index contributed by atoms with van der Waals surface area (Å²) in [5, 5.41) is 3.50. The lowest BCUT2D eigenvalue weighted by atomic mass is 9.84. The van der Waals surface area contributed by atoms with Crippen molar-refractivity contribution >= 4 is 0 Å². The first-order chi connectivity index (χ1) is 8.97. The number of ether oxygens (including phenoxy) is 1. The Bertz CT molecular complexity index is 441. The molecule has 3 atom stereocenters. The molecular formula is C17H27NO. The molecule has 0 spiro atoms. The van der Waals surface area contributed by atoms with Gasteiger partial charge < -0.3 is 10.1 Å². The van der Waals surface area contributed by atoms with Crippen LogP contribution in [0, 0.1) is 33.6 Å². The van der Waals surface area contributed by atoms with E-state index >= 15 is 0 Å². The van der Waals surface area contributed by atoms with Crippen LogP contribution >= 0.6 is 0 Å². The molecular weight excluding hydrogens is 234 g/mol. The van der Waals surface area contributed by atoms with Gasteiger partial charge in [-0.25, -0.2) is 0 Å². The van der Waals surface area contributed by atoms with Crippen LogP contribution in [-0.4, -0.2) is 19.8 Å². The Morgan fingerprint density at radius 1 is 1.16 bits per heavy atom. The van der Waals surface area contributed by atoms with E-state index in [9.17, 15) is 0 Å². The molecule has 1 aromatic carbocycles. The molecule has 0 aliphatic carbocycles. The first kappa shape index (κ1) is 14.5. The van der Waals surface area contributed by atoms with Gasteiger partial charge in [0.1, 0.15) is 0 Å². The van der Waals surface area contributed by atoms with Gasteiger partial charge in [0.05, 0.1) is 12.1 Å². The van der Waals surface area contributed by atoms with Crippen LogP contribution in [0.5, 0.6) is 0 Å². The average molecular weight is 261 g/mol. The third-order valence-electron chi connectivity index (χ3n) is 4.82. The van der Waals surface area contributed by atoms with E-state index in [0.717, 1.165) is 6.61 Å². The zero-order valence-electron chi connectivity index (χ0n) is 13.1. The third kappa shape index (κ3) is 2.56. The summed E-state index contributed by atoms with van der Waals surface area (Å²) >= 11 is 0. The molecule has 1 saturated heterocycles. The van der Waals surface area contributed by atoms with E-state index in [0.29, 0.717) is 18.1 Å². The monoisotopic (exact) mass is 261 g/mol. The molecule has 0 saturated carbocycles. The summed E-state index contributed by atoms with van der Waals surface area (Å²) in [6.07, 6.45) is 1.47. The van der Waals surface area contributed by atoms with Gasteiger partial charge in [0, 0.05) is 6.61 Å². The number of aryl methyl sites for hydroxylation is 2. The van der Waals surface area contributed by atoms with Gasteiger partial charge >= 0.3 is 0 Å². The SMILES string of the molecule is CNC(c1c(C)c(C)cc(C)c1C)C1OCCC1C. The van der Waals surface area contributed by atoms with Crippen LogP contribution in [0.2, 0.25) is 0 Å². The van der Waals surface area contributed by atoms with E-state index in [1.165, 1.54) is 34.2 Å². The summed E-state index contributed by atoms with van der Waals surface area (Å²) < 4.78 is 6.00. The highest BCUT2D eigenvalue weighted by Gasteiger charge is 2.34. The van der Waals surface area contributed by atoms with Gasteiger partial charge in [-0.05, 0) is 74.9 Å². The van der Waals surface area contributed by atoms with Crippen molar-refractivity contribution in [1.82, 2.24) is 5.32 Å². The first-order valence-electron chi connectivity index (χ1n) is 7.33. The number of hydrogen-bond donors (Lipinski definition) is 1. The van der Waals surface area contributed by atoms with E-state index in [2.05, 4.69) is 53.0 Å². The van der Waals surface area contributed by atoms with Gasteiger partial charge in [0.15, 0.2) is 0 Å². The van der Waals surface area contributed by atoms with Crippen LogP contribution in [0.15, 0.2) is 6.07 Å². The van der Waals surface area contributed by atoms with E-state index < -0.39 is 0 Å². The molecule has 0 radical (unpaired) electrons. The fraction of sp³-hybridized carbons (Fsp3) is 0.647. The van der Waals surface area contributed by atoms with Gasteiger partial charge in [0.2, 0.25) is 0 Å². The van der Waals surface area contributed by atoms with Crippen molar-refractivity contribution in [3.63, 3.8) is 0 Å². The second-order valence-corrected chi connectivity index (χ2v) is 6.04. The summed E-state index contributed by atoms with van der Waals surface area (Å²) in [7, 11) is 2.05. The predicted octanol–water partition coefficient (Wildman–Crippen LogP) is 3.61. The second-order valence-electron chi connectivity index (χ2n) is 6.04. The minimum atomic E-state index is 0.295. The van der Waals surface area contributed by atoms with Gasteiger partial charge in [-0.3, -0.25) is 0 Å². The molecule has 2 nitrogen and oxygen atoms in total. The van der Waals surface area contributed by atoms with Gasteiger partial charge in [-0.2, -0.15) is 0 Å². The number of hydrogen-bond acceptors (Lipinski definition) is 2. The second kappa shape index (κ2) is 5.64. The molecule has 19 heavy (non-hydrogen) atoms. The quantitative estimate of drug-likeness (QED) is 0.897. The van der Waals surface area contributed by atoms with Crippen LogP contribution in [0.3, 0.4) is 0 Å². The van der Waals surface area contributed by atoms with Crippen molar-refractivity contribution in [3.05, 3.63) is 33.9 Å². The lowest BCUT2D eigenvalue weighted by Crippen LogP contribution is -2.34. The summed E-state index contributed by atoms with van der Waals surface area (Å²) in [6, 6.07) is 2.59. The highest BCUT2D eigenvalue weighted by molar-refractivity contribution is 5.46. The van der Waals surface area contributed by atoms with Crippen molar-refractivity contribution in [3.8, 4) is 0 Å². The first-order valence-corrected chi connectivity index (χ1v) is 7.33. The van der Waals surface area contributed by atoms with Crippen molar-refractivity contribution in [2.75, 3.05) is 13.7 Å². The smallest absolute Gasteiger partial charge is 0.0796 e. The zero-order valence-corrected chi connectivity index (χ0v) is 13.1. The van der Waals surface area contributed by atoms with Gasteiger partial charge in [0.25, 0.3) is 0 Å². The molecule has 1 fully saturated rings. The lowest BCUT2D eigenvalue weighted by molar-refractivity contribution is 0.0627. The summed E-state index contributed by atoms with van der Waals surface area (Å²) in [6.45, 7) is 12.1. The fourth-order valence-corrected chi connectivity index (χ4v) is 3.33. The third-order valence-corrected chi connectivity index (χ3v) is 4.82. The van der Waals surface area contributed by atoms with Crippen molar-refractivity contribution in [2.24, 2.45) is 5.92 Å². The Kier molecular flexibility index (Phi) is 4.32. The molecule has 1 aliphatic rings. The maximum atomic E-state index is 6.00. The molecule has 1 aliphatic heterocycles. The van der Waals surface area contributed by atoms with Crippen LogP contribution < -0.4 is 5.32 Å². The predicted molar refractivity (Wildman–Crippen MR) is 80.7 cm³/mol.